The molecule has 0 aliphatic carbocycles. The third-order valence-electron chi connectivity index (χ3n) is 4.37. The van der Waals surface area contributed by atoms with E-state index >= 15 is 0 Å². The molecule has 0 aromatic heterocycles. The minimum Gasteiger partial charge on any atom is -0.324 e. The molecule has 148 valence electrons. The predicted octanol–water partition coefficient (Wildman–Crippen LogP) is 5.24. The molecule has 28 heavy (non-hydrogen) atoms. The summed E-state index contributed by atoms with van der Waals surface area (Å²) >= 11 is 12.1. The summed E-state index contributed by atoms with van der Waals surface area (Å²) in [5.74, 6) is -0.812. The van der Waals surface area contributed by atoms with Crippen LogP contribution < -0.4 is 4.90 Å². The average Bonchev–Trinajstić information content (AvgIpc) is 3.05. The molecule has 1 aliphatic heterocycles. The van der Waals surface area contributed by atoms with Crippen molar-refractivity contribution in [3.63, 3.8) is 0 Å². The zero-order valence-corrected chi connectivity index (χ0v) is 16.0. The molecule has 2 aromatic rings. The van der Waals surface area contributed by atoms with Gasteiger partial charge in [-0.3, -0.25) is 14.5 Å². The molecule has 9 heteroatoms. The van der Waals surface area contributed by atoms with Crippen molar-refractivity contribution in [3.8, 4) is 0 Å². The first-order valence-electron chi connectivity index (χ1n) is 8.39. The highest BCUT2D eigenvalue weighted by Gasteiger charge is 2.32. The zero-order valence-electron chi connectivity index (χ0n) is 14.5. The summed E-state index contributed by atoms with van der Waals surface area (Å²) < 4.78 is 39.4. The first kappa shape index (κ1) is 20.5. The fourth-order valence-electron chi connectivity index (χ4n) is 2.94. The number of hydrogen-bond acceptors (Lipinski definition) is 2. The summed E-state index contributed by atoms with van der Waals surface area (Å²) in [5.41, 5.74) is -0.846. The Balaban J connectivity index is 2.03. The molecule has 0 atom stereocenters. The lowest BCUT2D eigenvalue weighted by Crippen LogP contribution is -2.42. The second kappa shape index (κ2) is 8.01. The lowest BCUT2D eigenvalue weighted by molar-refractivity contribution is -0.137. The molecule has 1 saturated heterocycles. The van der Waals surface area contributed by atoms with E-state index in [-0.39, 0.29) is 33.9 Å². The van der Waals surface area contributed by atoms with Gasteiger partial charge in [0.2, 0.25) is 5.91 Å². The van der Waals surface area contributed by atoms with Crippen molar-refractivity contribution >= 4 is 40.7 Å². The molecular formula is C19H15Cl2F3N2O2. The Morgan fingerprint density at radius 1 is 1.14 bits per heavy atom. The van der Waals surface area contributed by atoms with Crippen LogP contribution in [0.5, 0.6) is 0 Å². The fourth-order valence-corrected chi connectivity index (χ4v) is 3.31. The van der Waals surface area contributed by atoms with Gasteiger partial charge in [0.15, 0.2) is 0 Å². The SMILES string of the molecule is O=C1CCCN1CN(C(=O)c1cc(Cl)ccc1Cl)c1cccc(C(F)(F)F)c1. The van der Waals surface area contributed by atoms with Gasteiger partial charge in [-0.25, -0.2) is 0 Å². The van der Waals surface area contributed by atoms with E-state index in [1.165, 1.54) is 35.2 Å². The smallest absolute Gasteiger partial charge is 0.324 e. The monoisotopic (exact) mass is 430 g/mol. The molecule has 0 bridgehead atoms. The third kappa shape index (κ3) is 4.42. The highest BCUT2D eigenvalue weighted by molar-refractivity contribution is 6.36. The van der Waals surface area contributed by atoms with Crippen molar-refractivity contribution in [2.24, 2.45) is 0 Å². The summed E-state index contributed by atoms with van der Waals surface area (Å²) in [5, 5.41) is 0.369. The van der Waals surface area contributed by atoms with Crippen LogP contribution in [0.25, 0.3) is 0 Å². The normalized spacial score (nSPS) is 14.5. The molecule has 0 spiro atoms. The van der Waals surface area contributed by atoms with Crippen LogP contribution in [-0.2, 0) is 11.0 Å². The highest BCUT2D eigenvalue weighted by Crippen LogP contribution is 2.33. The van der Waals surface area contributed by atoms with Gasteiger partial charge >= 0.3 is 6.18 Å². The summed E-state index contributed by atoms with van der Waals surface area (Å²) in [6, 6.07) is 8.66. The molecule has 2 amide bonds. The molecule has 1 heterocycles. The van der Waals surface area contributed by atoms with Crippen molar-refractivity contribution in [1.29, 1.82) is 0 Å². The van der Waals surface area contributed by atoms with Gasteiger partial charge in [-0.05, 0) is 42.8 Å². The summed E-state index contributed by atoms with van der Waals surface area (Å²) in [6.45, 7) is 0.243. The van der Waals surface area contributed by atoms with Crippen LogP contribution in [0.2, 0.25) is 10.0 Å². The van der Waals surface area contributed by atoms with E-state index in [4.69, 9.17) is 23.2 Å². The number of amides is 2. The maximum atomic E-state index is 13.1. The molecule has 4 nitrogen and oxygen atoms in total. The number of rotatable bonds is 4. The second-order valence-corrected chi connectivity index (χ2v) is 7.15. The van der Waals surface area contributed by atoms with Gasteiger partial charge in [-0.2, -0.15) is 13.2 Å². The molecule has 0 radical (unpaired) electrons. The maximum Gasteiger partial charge on any atom is 0.416 e. The number of nitrogens with zero attached hydrogens (tertiary/aromatic N) is 2. The van der Waals surface area contributed by atoms with Crippen LogP contribution in [0.3, 0.4) is 0 Å². The van der Waals surface area contributed by atoms with Gasteiger partial charge in [-0.1, -0.05) is 29.3 Å². The Morgan fingerprint density at radius 2 is 1.89 bits per heavy atom. The summed E-state index contributed by atoms with van der Waals surface area (Å²) in [7, 11) is 0. The van der Waals surface area contributed by atoms with Crippen molar-refractivity contribution in [2.75, 3.05) is 18.1 Å². The van der Waals surface area contributed by atoms with E-state index in [1.807, 2.05) is 0 Å². The number of hydrogen-bond donors (Lipinski definition) is 0. The van der Waals surface area contributed by atoms with Crippen LogP contribution in [0.4, 0.5) is 18.9 Å². The number of carbonyl (C=O) groups excluding carboxylic acids is 2. The van der Waals surface area contributed by atoms with E-state index in [0.29, 0.717) is 19.4 Å². The van der Waals surface area contributed by atoms with Gasteiger partial charge in [-0.15, -0.1) is 0 Å². The summed E-state index contributed by atoms with van der Waals surface area (Å²) in [4.78, 5) is 27.7. The Labute approximate surface area is 169 Å². The van der Waals surface area contributed by atoms with Gasteiger partial charge < -0.3 is 4.90 Å². The van der Waals surface area contributed by atoms with E-state index in [9.17, 15) is 22.8 Å². The lowest BCUT2D eigenvalue weighted by atomic mass is 10.1. The quantitative estimate of drug-likeness (QED) is 0.665. The lowest BCUT2D eigenvalue weighted by Gasteiger charge is -2.29. The fraction of sp³-hybridized carbons (Fsp3) is 0.263. The van der Waals surface area contributed by atoms with Crippen molar-refractivity contribution in [3.05, 3.63) is 63.6 Å². The molecule has 2 aromatic carbocycles. The van der Waals surface area contributed by atoms with Crippen LogP contribution in [-0.4, -0.2) is 29.9 Å². The zero-order chi connectivity index (χ0) is 20.5. The summed E-state index contributed by atoms with van der Waals surface area (Å²) in [6.07, 6.45) is -3.61. The Hall–Kier alpha value is -2.25. The number of halogens is 5. The van der Waals surface area contributed by atoms with E-state index in [2.05, 4.69) is 0 Å². The molecule has 1 aliphatic rings. The van der Waals surface area contributed by atoms with Crippen molar-refractivity contribution < 1.29 is 22.8 Å². The predicted molar refractivity (Wildman–Crippen MR) is 101 cm³/mol. The topological polar surface area (TPSA) is 40.6 Å². The number of likely N-dealkylation sites (tertiary alicyclic amines) is 1. The number of benzene rings is 2. The average molecular weight is 431 g/mol. The first-order valence-corrected chi connectivity index (χ1v) is 9.14. The van der Waals surface area contributed by atoms with Crippen LogP contribution in [0.1, 0.15) is 28.8 Å². The third-order valence-corrected chi connectivity index (χ3v) is 4.94. The molecule has 0 unspecified atom stereocenters. The van der Waals surface area contributed by atoms with Gasteiger partial charge in [0.1, 0.15) is 6.67 Å². The van der Waals surface area contributed by atoms with Crippen molar-refractivity contribution in [1.82, 2.24) is 4.90 Å². The van der Waals surface area contributed by atoms with E-state index in [1.54, 1.807) is 0 Å². The number of anilines is 1. The molecular weight excluding hydrogens is 416 g/mol. The number of alkyl halides is 3. The first-order chi connectivity index (χ1) is 13.2. The van der Waals surface area contributed by atoms with Crippen LogP contribution in [0, 0.1) is 0 Å². The second-order valence-electron chi connectivity index (χ2n) is 6.31. The number of carbonyl (C=O) groups is 2. The minimum atomic E-state index is -4.57. The van der Waals surface area contributed by atoms with E-state index < -0.39 is 17.6 Å². The Morgan fingerprint density at radius 3 is 2.54 bits per heavy atom. The van der Waals surface area contributed by atoms with Crippen molar-refractivity contribution in [2.45, 2.75) is 19.0 Å². The molecule has 0 saturated carbocycles. The van der Waals surface area contributed by atoms with Crippen LogP contribution in [0.15, 0.2) is 42.5 Å². The largest absolute Gasteiger partial charge is 0.416 e. The van der Waals surface area contributed by atoms with Crippen LogP contribution >= 0.6 is 23.2 Å². The maximum absolute atomic E-state index is 13.1. The Bertz CT molecular complexity index is 918. The van der Waals surface area contributed by atoms with Gasteiger partial charge in [0.05, 0.1) is 16.1 Å². The Kier molecular flexibility index (Phi) is 5.86. The highest BCUT2D eigenvalue weighted by atomic mass is 35.5. The van der Waals surface area contributed by atoms with Gasteiger partial charge in [0, 0.05) is 23.7 Å². The minimum absolute atomic E-state index is 0.00978. The molecule has 0 N–H and O–H groups in total. The molecule has 1 fully saturated rings. The van der Waals surface area contributed by atoms with Gasteiger partial charge in [0.25, 0.3) is 5.91 Å². The van der Waals surface area contributed by atoms with E-state index in [0.717, 1.165) is 17.0 Å². The molecule has 3 rings (SSSR count). The standard InChI is InChI=1S/C19H15Cl2F3N2O2/c20-13-6-7-16(21)15(10-13)18(28)26(11-25-8-2-5-17(25)27)14-4-1-3-12(9-14)19(22,23)24/h1,3-4,6-7,9-10H,2,5,8,11H2.